The van der Waals surface area contributed by atoms with Crippen LogP contribution in [0.5, 0.6) is 0 Å². The number of aromatic amines is 1. The van der Waals surface area contributed by atoms with E-state index in [1.807, 2.05) is 6.20 Å². The van der Waals surface area contributed by atoms with Crippen LogP contribution in [-0.2, 0) is 6.54 Å². The molecule has 0 radical (unpaired) electrons. The topological polar surface area (TPSA) is 114 Å². The number of hydrogen-bond acceptors (Lipinski definition) is 5. The maximum absolute atomic E-state index is 10.0. The van der Waals surface area contributed by atoms with Gasteiger partial charge in [0.25, 0.3) is 0 Å². The van der Waals surface area contributed by atoms with Crippen LogP contribution in [0.25, 0.3) is 21.5 Å². The number of aliphatic hydroxyl groups excluding tert-OH is 1. The van der Waals surface area contributed by atoms with Crippen molar-refractivity contribution in [1.29, 1.82) is 0 Å². The van der Waals surface area contributed by atoms with E-state index >= 15 is 0 Å². The van der Waals surface area contributed by atoms with E-state index in [1.54, 1.807) is 0 Å². The molecule has 1 fully saturated rings. The van der Waals surface area contributed by atoms with Gasteiger partial charge >= 0.3 is 0 Å². The Morgan fingerprint density at radius 1 is 1.57 bits per heavy atom. The molecule has 2 N–H and O–H groups in total. The number of piperidine rings is 1. The summed E-state index contributed by atoms with van der Waals surface area (Å²) in [5.74, 6) is 0. The lowest BCUT2D eigenvalue weighted by molar-refractivity contribution is 0.0503. The summed E-state index contributed by atoms with van der Waals surface area (Å²) >= 11 is 6.12. The van der Waals surface area contributed by atoms with E-state index in [0.29, 0.717) is 30.3 Å². The number of nitrogens with one attached hydrogen (secondary N) is 1. The Kier molecular flexibility index (Phi) is 3.94. The fraction of sp³-hybridized carbons (Fsp3) is 0.500. The highest BCUT2D eigenvalue weighted by Crippen LogP contribution is 2.25. The van der Waals surface area contributed by atoms with Gasteiger partial charge in [-0.2, -0.15) is 0 Å². The van der Waals surface area contributed by atoms with Crippen LogP contribution >= 0.6 is 11.6 Å². The molecule has 21 heavy (non-hydrogen) atoms. The minimum absolute atomic E-state index is 0.346. The summed E-state index contributed by atoms with van der Waals surface area (Å²) in [5.41, 5.74) is 10.2. The third kappa shape index (κ3) is 2.79. The van der Waals surface area contributed by atoms with Crippen LogP contribution < -0.4 is 0 Å². The highest BCUT2D eigenvalue weighted by atomic mass is 35.5. The molecule has 0 saturated carbocycles. The smallest absolute Gasteiger partial charge is 0.142 e. The maximum Gasteiger partial charge on any atom is 0.142 e. The van der Waals surface area contributed by atoms with Crippen molar-refractivity contribution in [2.45, 2.75) is 25.1 Å². The molecule has 0 unspecified atom stereocenters. The van der Waals surface area contributed by atoms with E-state index in [9.17, 15) is 5.11 Å². The van der Waals surface area contributed by atoms with Crippen molar-refractivity contribution in [3.8, 4) is 0 Å². The second kappa shape index (κ2) is 5.87. The van der Waals surface area contributed by atoms with Crippen LogP contribution in [0, 0.1) is 0 Å². The molecule has 8 nitrogen and oxygen atoms in total. The normalized spacial score (nSPS) is 23.1. The van der Waals surface area contributed by atoms with Crippen molar-refractivity contribution in [1.82, 2.24) is 19.9 Å². The molecule has 1 aliphatic heterocycles. The molecule has 1 saturated heterocycles. The summed E-state index contributed by atoms with van der Waals surface area (Å²) in [4.78, 5) is 16.1. The van der Waals surface area contributed by atoms with Crippen LogP contribution in [0.4, 0.5) is 0 Å². The first kappa shape index (κ1) is 14.1. The average molecular weight is 308 g/mol. The van der Waals surface area contributed by atoms with Crippen LogP contribution in [0.3, 0.4) is 0 Å². The molecule has 9 heteroatoms. The molecule has 110 valence electrons. The highest BCUT2D eigenvalue weighted by molar-refractivity contribution is 6.34. The lowest BCUT2D eigenvalue weighted by atomic mass is 10.0. The van der Waals surface area contributed by atoms with Gasteiger partial charge in [0.05, 0.1) is 17.5 Å². The summed E-state index contributed by atoms with van der Waals surface area (Å²) < 4.78 is 0. The summed E-state index contributed by atoms with van der Waals surface area (Å²) in [6.07, 6.45) is 3.27. The fourth-order valence-electron chi connectivity index (χ4n) is 2.68. The molecular weight excluding hydrogens is 294 g/mol. The Morgan fingerprint density at radius 3 is 3.19 bits per heavy atom. The molecule has 2 atom stereocenters. The van der Waals surface area contributed by atoms with Crippen molar-refractivity contribution in [2.75, 3.05) is 13.1 Å². The minimum atomic E-state index is -0.647. The third-order valence-electron chi connectivity index (χ3n) is 3.73. The molecule has 0 bridgehead atoms. The zero-order valence-corrected chi connectivity index (χ0v) is 11.9. The molecule has 0 aromatic carbocycles. The molecule has 3 rings (SSSR count). The van der Waals surface area contributed by atoms with Gasteiger partial charge in [-0.1, -0.05) is 16.7 Å². The number of azide groups is 1. The number of hydrogen-bond donors (Lipinski definition) is 2. The maximum atomic E-state index is 10.0. The second-order valence-electron chi connectivity index (χ2n) is 5.07. The Balaban J connectivity index is 1.76. The number of aliphatic hydroxyl groups is 1. The lowest BCUT2D eigenvalue weighted by Gasteiger charge is -2.33. The first-order chi connectivity index (χ1) is 10.2. The number of nitrogens with zero attached hydrogens (tertiary/aromatic N) is 6. The van der Waals surface area contributed by atoms with E-state index in [-0.39, 0.29) is 6.04 Å². The number of H-pyrrole nitrogens is 1. The molecule has 2 aromatic heterocycles. The van der Waals surface area contributed by atoms with Gasteiger partial charge in [-0.25, -0.2) is 9.97 Å². The van der Waals surface area contributed by atoms with E-state index in [0.717, 1.165) is 17.5 Å². The first-order valence-corrected chi connectivity index (χ1v) is 6.98. The molecule has 3 heterocycles. The van der Waals surface area contributed by atoms with Crippen LogP contribution in [0.1, 0.15) is 12.0 Å². The van der Waals surface area contributed by atoms with Gasteiger partial charge < -0.3 is 10.1 Å². The molecule has 0 spiro atoms. The van der Waals surface area contributed by atoms with Gasteiger partial charge in [0.1, 0.15) is 17.1 Å². The van der Waals surface area contributed by atoms with Gasteiger partial charge in [0.15, 0.2) is 0 Å². The van der Waals surface area contributed by atoms with E-state index in [4.69, 9.17) is 17.1 Å². The van der Waals surface area contributed by atoms with Gasteiger partial charge in [0, 0.05) is 24.2 Å². The van der Waals surface area contributed by atoms with Gasteiger partial charge in [-0.3, -0.25) is 4.90 Å². The summed E-state index contributed by atoms with van der Waals surface area (Å²) in [7, 11) is 0. The number of halogens is 1. The minimum Gasteiger partial charge on any atom is -0.391 e. The highest BCUT2D eigenvalue weighted by Gasteiger charge is 2.27. The number of likely N-dealkylation sites (tertiary alicyclic amines) is 1. The number of β-amino-alcohol motifs (C(OH)–C–C–N with tert-alkyl or cyclic N) is 1. The summed E-state index contributed by atoms with van der Waals surface area (Å²) in [6, 6.07) is -0.346. The predicted octanol–water partition coefficient (Wildman–Crippen LogP) is 1.86. The number of fused-ring (bicyclic) bond motifs is 1. The SMILES string of the molecule is [N-]=[N+]=N[C@@H]1CCN(Cc2c[nH]c3ncnc(Cl)c23)C[C@H]1O. The fourth-order valence-corrected chi connectivity index (χ4v) is 2.94. The zero-order chi connectivity index (χ0) is 14.8. The Hall–Kier alpha value is -1.86. The Labute approximate surface area is 125 Å². The molecular formula is C12H14ClN7O. The zero-order valence-electron chi connectivity index (χ0n) is 11.1. The molecule has 0 amide bonds. The van der Waals surface area contributed by atoms with Gasteiger partial charge in [0.2, 0.25) is 0 Å². The second-order valence-corrected chi connectivity index (χ2v) is 5.42. The number of aromatic nitrogens is 3. The average Bonchev–Trinajstić information content (AvgIpc) is 2.87. The van der Waals surface area contributed by atoms with Crippen molar-refractivity contribution < 1.29 is 5.11 Å². The van der Waals surface area contributed by atoms with E-state index in [2.05, 4.69) is 29.9 Å². The van der Waals surface area contributed by atoms with Crippen LogP contribution in [0.2, 0.25) is 5.15 Å². The van der Waals surface area contributed by atoms with E-state index in [1.165, 1.54) is 6.33 Å². The third-order valence-corrected chi connectivity index (χ3v) is 4.02. The van der Waals surface area contributed by atoms with Crippen molar-refractivity contribution in [3.63, 3.8) is 0 Å². The lowest BCUT2D eigenvalue weighted by Crippen LogP contribution is -2.45. The standard InChI is InChI=1S/C12H14ClN7O/c13-11-10-7(3-15-12(10)17-6-16-11)4-20-2-1-8(18-19-14)9(21)5-20/h3,6,8-9,21H,1-2,4-5H2,(H,15,16,17)/t8-,9-/m1/s1. The van der Waals surface area contributed by atoms with Crippen molar-refractivity contribution in [2.24, 2.45) is 5.11 Å². The monoisotopic (exact) mass is 307 g/mol. The van der Waals surface area contributed by atoms with E-state index < -0.39 is 6.10 Å². The van der Waals surface area contributed by atoms with Crippen LogP contribution in [0.15, 0.2) is 17.6 Å². The Bertz CT molecular complexity index is 696. The van der Waals surface area contributed by atoms with Crippen molar-refractivity contribution in [3.05, 3.63) is 33.7 Å². The Morgan fingerprint density at radius 2 is 2.43 bits per heavy atom. The molecule has 0 aliphatic carbocycles. The molecule has 2 aromatic rings. The largest absolute Gasteiger partial charge is 0.391 e. The van der Waals surface area contributed by atoms with Gasteiger partial charge in [-0.05, 0) is 24.1 Å². The quantitative estimate of drug-likeness (QED) is 0.390. The van der Waals surface area contributed by atoms with Gasteiger partial charge in [-0.15, -0.1) is 0 Å². The van der Waals surface area contributed by atoms with Crippen molar-refractivity contribution >= 4 is 22.6 Å². The predicted molar refractivity (Wildman–Crippen MR) is 77.7 cm³/mol. The summed E-state index contributed by atoms with van der Waals surface area (Å²) in [6.45, 7) is 1.84. The summed E-state index contributed by atoms with van der Waals surface area (Å²) in [5, 5.41) is 14.8. The number of rotatable bonds is 3. The van der Waals surface area contributed by atoms with Crippen LogP contribution in [-0.4, -0.2) is 50.2 Å². The molecule has 1 aliphatic rings. The first-order valence-electron chi connectivity index (χ1n) is 6.60.